The SMILES string of the molecule is CC(C[C@H](NC(=O)c1ccc(NCC2CNc3nc(N)[nH]c(=O)c3N2)cc1)C(=O)O)C(=O)O. The van der Waals surface area contributed by atoms with Gasteiger partial charge in [-0.05, 0) is 30.7 Å². The Bertz CT molecular complexity index is 1100. The molecule has 33 heavy (non-hydrogen) atoms. The summed E-state index contributed by atoms with van der Waals surface area (Å²) in [5.74, 6) is -3.56. The molecule has 13 nitrogen and oxygen atoms in total. The highest BCUT2D eigenvalue weighted by atomic mass is 16.4. The van der Waals surface area contributed by atoms with Crippen LogP contribution in [-0.2, 0) is 9.59 Å². The maximum atomic E-state index is 12.4. The second kappa shape index (κ2) is 9.89. The van der Waals surface area contributed by atoms with Crippen molar-refractivity contribution in [2.75, 3.05) is 34.8 Å². The van der Waals surface area contributed by atoms with Crippen LogP contribution in [0.3, 0.4) is 0 Å². The van der Waals surface area contributed by atoms with Crippen molar-refractivity contribution in [1.82, 2.24) is 15.3 Å². The molecule has 1 aliphatic heterocycles. The third-order valence-corrected chi connectivity index (χ3v) is 5.12. The summed E-state index contributed by atoms with van der Waals surface area (Å²) in [5, 5.41) is 29.9. The number of H-pyrrole nitrogens is 1. The van der Waals surface area contributed by atoms with Gasteiger partial charge in [-0.25, -0.2) is 4.79 Å². The fourth-order valence-electron chi connectivity index (χ4n) is 3.25. The van der Waals surface area contributed by atoms with E-state index in [1.807, 2.05) is 0 Å². The molecule has 0 saturated heterocycles. The molecule has 176 valence electrons. The first-order valence-electron chi connectivity index (χ1n) is 10.1. The Labute approximate surface area is 187 Å². The zero-order valence-corrected chi connectivity index (χ0v) is 17.7. The largest absolute Gasteiger partial charge is 0.481 e. The van der Waals surface area contributed by atoms with Crippen LogP contribution in [0.4, 0.5) is 23.1 Å². The molecule has 1 aliphatic rings. The van der Waals surface area contributed by atoms with E-state index in [0.29, 0.717) is 30.3 Å². The van der Waals surface area contributed by atoms with Gasteiger partial charge in [-0.1, -0.05) is 6.92 Å². The molecule has 2 aromatic rings. The summed E-state index contributed by atoms with van der Waals surface area (Å²) in [6.07, 6.45) is -0.230. The Morgan fingerprint density at radius 1 is 1.21 bits per heavy atom. The van der Waals surface area contributed by atoms with Crippen molar-refractivity contribution < 1.29 is 24.6 Å². The summed E-state index contributed by atoms with van der Waals surface area (Å²) in [4.78, 5) is 53.2. The Morgan fingerprint density at radius 2 is 1.91 bits per heavy atom. The molecule has 0 aliphatic carbocycles. The number of nitrogens with one attached hydrogen (secondary N) is 5. The quantitative estimate of drug-likeness (QED) is 0.249. The number of nitrogen functional groups attached to an aromatic ring is 1. The van der Waals surface area contributed by atoms with Crippen molar-refractivity contribution in [3.05, 3.63) is 40.2 Å². The number of aliphatic carboxylic acids is 2. The lowest BCUT2D eigenvalue weighted by atomic mass is 10.0. The minimum Gasteiger partial charge on any atom is -0.481 e. The highest BCUT2D eigenvalue weighted by molar-refractivity contribution is 5.97. The van der Waals surface area contributed by atoms with Gasteiger partial charge in [0.15, 0.2) is 5.82 Å². The van der Waals surface area contributed by atoms with E-state index in [1.54, 1.807) is 12.1 Å². The van der Waals surface area contributed by atoms with Crippen LogP contribution in [0.5, 0.6) is 0 Å². The Kier molecular flexibility index (Phi) is 7.00. The predicted molar refractivity (Wildman–Crippen MR) is 120 cm³/mol. The molecule has 0 spiro atoms. The Hall–Kier alpha value is -4.29. The van der Waals surface area contributed by atoms with E-state index in [4.69, 9.17) is 10.8 Å². The fraction of sp³-hybridized carbons (Fsp3) is 0.350. The first-order valence-corrected chi connectivity index (χ1v) is 10.1. The van der Waals surface area contributed by atoms with Crippen LogP contribution in [0, 0.1) is 5.92 Å². The lowest BCUT2D eigenvalue weighted by Gasteiger charge is -2.27. The van der Waals surface area contributed by atoms with E-state index in [1.165, 1.54) is 19.1 Å². The smallest absolute Gasteiger partial charge is 0.326 e. The van der Waals surface area contributed by atoms with Gasteiger partial charge in [-0.15, -0.1) is 0 Å². The molecular formula is C20H25N7O6. The van der Waals surface area contributed by atoms with Crippen molar-refractivity contribution in [2.45, 2.75) is 25.4 Å². The topological polar surface area (TPSA) is 212 Å². The number of fused-ring (bicyclic) bond motifs is 1. The van der Waals surface area contributed by atoms with Crippen LogP contribution < -0.4 is 32.6 Å². The average molecular weight is 459 g/mol. The molecule has 1 amide bonds. The van der Waals surface area contributed by atoms with E-state index in [-0.39, 0.29) is 29.5 Å². The summed E-state index contributed by atoms with van der Waals surface area (Å²) in [6.45, 7) is 2.33. The number of hydrogen-bond acceptors (Lipinski definition) is 9. The highest BCUT2D eigenvalue weighted by Crippen LogP contribution is 2.20. The van der Waals surface area contributed by atoms with Crippen LogP contribution in [0.15, 0.2) is 29.1 Å². The van der Waals surface area contributed by atoms with Gasteiger partial charge < -0.3 is 37.2 Å². The second-order valence-electron chi connectivity index (χ2n) is 7.69. The molecule has 3 atom stereocenters. The molecule has 0 radical (unpaired) electrons. The van der Waals surface area contributed by atoms with Crippen LogP contribution in [0.2, 0.25) is 0 Å². The molecule has 13 heteroatoms. The van der Waals surface area contributed by atoms with Gasteiger partial charge in [-0.2, -0.15) is 4.98 Å². The normalized spacial score (nSPS) is 16.3. The Balaban J connectivity index is 1.55. The number of rotatable bonds is 9. The van der Waals surface area contributed by atoms with Crippen molar-refractivity contribution in [3.8, 4) is 0 Å². The second-order valence-corrected chi connectivity index (χ2v) is 7.69. The summed E-state index contributed by atoms with van der Waals surface area (Å²) < 4.78 is 0. The van der Waals surface area contributed by atoms with Crippen LogP contribution in [-0.4, -0.2) is 63.2 Å². The van der Waals surface area contributed by atoms with Crippen LogP contribution in [0.1, 0.15) is 23.7 Å². The molecule has 2 unspecified atom stereocenters. The van der Waals surface area contributed by atoms with E-state index in [2.05, 4.69) is 31.2 Å². The summed E-state index contributed by atoms with van der Waals surface area (Å²) in [6, 6.07) is 4.92. The van der Waals surface area contributed by atoms with Gasteiger partial charge in [0.1, 0.15) is 11.7 Å². The summed E-state index contributed by atoms with van der Waals surface area (Å²) in [7, 11) is 0. The van der Waals surface area contributed by atoms with Crippen molar-refractivity contribution >= 4 is 41.0 Å². The first kappa shape index (κ1) is 23.4. The van der Waals surface area contributed by atoms with Crippen LogP contribution in [0.25, 0.3) is 0 Å². The third kappa shape index (κ3) is 5.90. The fourth-order valence-corrected chi connectivity index (χ4v) is 3.25. The molecule has 9 N–H and O–H groups in total. The van der Waals surface area contributed by atoms with E-state index >= 15 is 0 Å². The van der Waals surface area contributed by atoms with E-state index in [9.17, 15) is 24.3 Å². The molecule has 0 saturated carbocycles. The van der Waals surface area contributed by atoms with Crippen molar-refractivity contribution in [3.63, 3.8) is 0 Å². The van der Waals surface area contributed by atoms with Crippen LogP contribution >= 0.6 is 0 Å². The highest BCUT2D eigenvalue weighted by Gasteiger charge is 2.26. The number of aromatic nitrogens is 2. The average Bonchev–Trinajstić information content (AvgIpc) is 2.77. The summed E-state index contributed by atoms with van der Waals surface area (Å²) >= 11 is 0. The third-order valence-electron chi connectivity index (χ3n) is 5.12. The molecule has 3 rings (SSSR count). The molecule has 1 aromatic heterocycles. The molecule has 0 fully saturated rings. The molecule has 0 bridgehead atoms. The Morgan fingerprint density at radius 3 is 2.55 bits per heavy atom. The number of carbonyl (C=O) groups is 3. The van der Waals surface area contributed by atoms with Crippen molar-refractivity contribution in [1.29, 1.82) is 0 Å². The van der Waals surface area contributed by atoms with Gasteiger partial charge in [0, 0.05) is 24.3 Å². The van der Waals surface area contributed by atoms with Gasteiger partial charge in [-0.3, -0.25) is 19.4 Å². The number of anilines is 4. The monoisotopic (exact) mass is 459 g/mol. The molecular weight excluding hydrogens is 434 g/mol. The molecule has 1 aromatic carbocycles. The number of nitrogens with zero attached hydrogens (tertiary/aromatic N) is 1. The van der Waals surface area contributed by atoms with E-state index < -0.39 is 29.8 Å². The first-order chi connectivity index (χ1) is 15.6. The number of aromatic amines is 1. The van der Waals surface area contributed by atoms with E-state index in [0.717, 1.165) is 0 Å². The number of carboxylic acids is 2. The number of carboxylic acid groups (broad SMARTS) is 2. The molecule has 2 heterocycles. The lowest BCUT2D eigenvalue weighted by molar-refractivity contribution is -0.143. The number of nitrogens with two attached hydrogens (primary N) is 1. The van der Waals surface area contributed by atoms with Gasteiger partial charge in [0.25, 0.3) is 11.5 Å². The maximum Gasteiger partial charge on any atom is 0.326 e. The number of benzene rings is 1. The number of hydrogen-bond donors (Lipinski definition) is 8. The zero-order chi connectivity index (χ0) is 24.1. The van der Waals surface area contributed by atoms with Gasteiger partial charge in [0.2, 0.25) is 5.95 Å². The van der Waals surface area contributed by atoms with Crippen molar-refractivity contribution in [2.24, 2.45) is 5.92 Å². The number of carbonyl (C=O) groups excluding carboxylic acids is 1. The maximum absolute atomic E-state index is 12.4. The predicted octanol–water partition coefficient (Wildman–Crippen LogP) is -0.0360. The van der Waals surface area contributed by atoms with Gasteiger partial charge >= 0.3 is 11.9 Å². The standard InChI is InChI=1S/C20H25N7O6/c1-9(18(30)31)6-13(19(32)33)25-16(28)10-2-4-11(5-3-10)22-7-12-8-23-15-14(24-12)17(29)27-20(21)26-15/h2-5,9,12-13,22,24H,6-8H2,1H3,(H,25,28)(H,30,31)(H,32,33)(H4,21,23,26,27,29)/t9?,12?,13-/m0/s1. The number of amides is 1. The lowest BCUT2D eigenvalue weighted by Crippen LogP contribution is -2.42. The van der Waals surface area contributed by atoms with Gasteiger partial charge in [0.05, 0.1) is 12.0 Å². The summed E-state index contributed by atoms with van der Waals surface area (Å²) in [5.41, 5.74) is 6.40. The zero-order valence-electron chi connectivity index (χ0n) is 17.7. The minimum atomic E-state index is -1.32. The minimum absolute atomic E-state index is 0.0276.